The van der Waals surface area contributed by atoms with Gasteiger partial charge in [0.2, 0.25) is 0 Å². The molecule has 0 bridgehead atoms. The number of carbonyl (C=O) groups is 1. The number of nitrogens with zero attached hydrogens (tertiary/aromatic N) is 1. The molecular formula is C13H13FmN2O3-. The van der Waals surface area contributed by atoms with Crippen LogP contribution in [0, 0.1) is 6.92 Å². The molecule has 0 aliphatic carbocycles. The molecule has 1 amide bonds. The van der Waals surface area contributed by atoms with Crippen molar-refractivity contribution < 1.29 is 14.7 Å². The molecule has 106 valence electrons. The molecule has 0 radical (unpaired) electrons. The summed E-state index contributed by atoms with van der Waals surface area (Å²) in [6, 6.07) is 10.3. The number of rotatable bonds is 3. The van der Waals surface area contributed by atoms with E-state index in [0.29, 0.717) is 0 Å². The minimum atomic E-state index is -1.07. The second-order valence-electron chi connectivity index (χ2n) is 3.55. The normalized spacial score (nSPS) is 8.68. The average Bonchev–Trinajstić information content (AvgIpc) is 2.37. The number of carbonyl (C=O) groups excluding carboxylic acids is 1. The summed E-state index contributed by atoms with van der Waals surface area (Å²) in [6.45, 7) is 1.73. The van der Waals surface area contributed by atoms with Gasteiger partial charge >= 0.3 is 5.97 Å². The Labute approximate surface area is 104 Å². The van der Waals surface area contributed by atoms with E-state index in [0.717, 1.165) is 5.52 Å². The van der Waals surface area contributed by atoms with Crippen LogP contribution in [0.4, 0.5) is 0 Å². The number of hydrogen-bond donors (Lipinski definition) is 2. The molecule has 0 saturated carbocycles. The van der Waals surface area contributed by atoms with E-state index >= 15 is 0 Å². The number of pyridine rings is 1. The van der Waals surface area contributed by atoms with Crippen LogP contribution in [0.15, 0.2) is 36.5 Å². The maximum atomic E-state index is 9.52. The third-order valence-electron chi connectivity index (χ3n) is 2.07. The van der Waals surface area contributed by atoms with Crippen LogP contribution in [0.1, 0.15) is 5.56 Å². The number of aliphatic carboxylic acids is 1. The third kappa shape index (κ3) is 5.44. The molecule has 2 N–H and O–H groups in total. The molecule has 0 unspecified atom stereocenters. The molecule has 0 aliphatic rings. The second-order valence-corrected chi connectivity index (χ2v) is 3.55. The van der Waals surface area contributed by atoms with Gasteiger partial charge in [-0.3, -0.25) is 9.78 Å². The zero-order valence-corrected chi connectivity index (χ0v) is 12.6. The van der Waals surface area contributed by atoms with Gasteiger partial charge in [0.25, 0.3) is 0 Å². The average molecular weight is 502 g/mol. The minimum absolute atomic E-state index is 0. The molecule has 0 fully saturated rings. The Kier molecular flexibility index (Phi) is 6.38. The van der Waals surface area contributed by atoms with Gasteiger partial charge < -0.3 is 15.2 Å². The molecule has 0 spiro atoms. The molecule has 1 aromatic carbocycles. The smallest absolute Gasteiger partial charge is 0.320 e. The predicted octanol–water partition coefficient (Wildman–Crippen LogP) is 1.27. The van der Waals surface area contributed by atoms with Crippen LogP contribution in [0.2, 0.25) is 0 Å². The first kappa shape index (κ1) is 15.6. The van der Waals surface area contributed by atoms with Gasteiger partial charge in [0.05, 0.1) is 12.1 Å². The third-order valence-corrected chi connectivity index (χ3v) is 2.07. The predicted molar refractivity (Wildman–Crippen MR) is 67.8 cm³/mol. The molecule has 0 saturated heterocycles. The summed E-state index contributed by atoms with van der Waals surface area (Å²) in [4.78, 5) is 22.9. The van der Waals surface area contributed by atoms with Gasteiger partial charge in [-0.1, -0.05) is 17.7 Å². The van der Waals surface area contributed by atoms with Crippen LogP contribution in [-0.2, 0) is 9.59 Å². The number of hydrogen-bond acceptors (Lipinski definition) is 3. The fraction of sp³-hybridized carbons (Fsp3) is 0.154. The van der Waals surface area contributed by atoms with E-state index in [1.54, 1.807) is 0 Å². The van der Waals surface area contributed by atoms with Gasteiger partial charge in [0.1, 0.15) is 0 Å². The van der Waals surface area contributed by atoms with E-state index in [1.807, 2.05) is 23.6 Å². The molecule has 1 heterocycles. The first-order chi connectivity index (χ1) is 8.63. The number of amides is 1. The van der Waals surface area contributed by atoms with Crippen molar-refractivity contribution in [3.05, 3.63) is 42.1 Å². The van der Waals surface area contributed by atoms with Crippen molar-refractivity contribution in [3.63, 3.8) is 0 Å². The van der Waals surface area contributed by atoms with Gasteiger partial charge in [0, 0.05) is 11.6 Å². The van der Waals surface area contributed by atoms with E-state index in [1.165, 1.54) is 17.4 Å². The molecular weight excluding hydrogens is 489 g/mol. The molecule has 1 aromatic heterocycles. The maximum Gasteiger partial charge on any atom is 0.320 e. The van der Waals surface area contributed by atoms with Gasteiger partial charge in [0.15, 0.2) is 0 Å². The van der Waals surface area contributed by atoms with Crippen molar-refractivity contribution in [1.82, 2.24) is 10.3 Å². The van der Waals surface area contributed by atoms with Crippen molar-refractivity contribution in [2.45, 2.75) is 6.92 Å². The summed E-state index contributed by atoms with van der Waals surface area (Å²) in [6.07, 6.45) is 3.04. The molecule has 2 rings (SSSR count). The SMILES string of the molecule is Cc1ccc2ncccc2c1.O=[C-]NCC(=O)O.[Fm]. The number of aromatic nitrogens is 1. The Morgan fingerprint density at radius 3 is 2.74 bits per heavy atom. The number of aryl methyl sites for hydroxylation is 1. The van der Waals surface area contributed by atoms with Crippen molar-refractivity contribution in [3.8, 4) is 0 Å². The Balaban J connectivity index is 0.000000360. The van der Waals surface area contributed by atoms with Crippen LogP contribution in [-0.4, -0.2) is 29.0 Å². The van der Waals surface area contributed by atoms with Gasteiger partial charge in [-0.05, 0) is 25.1 Å². The quantitative estimate of drug-likeness (QED) is 0.490. The number of benzene rings is 1. The Bertz CT molecular complexity index is 546. The number of nitrogens with one attached hydrogen (secondary N) is 1. The summed E-state index contributed by atoms with van der Waals surface area (Å²) in [5, 5.41) is 10.9. The largest absolute Gasteiger partial charge is 0.521 e. The molecule has 6 heteroatoms. The standard InChI is InChI=1S/C10H9N.C3H4NO3.Fm/c1-8-4-5-10-9(7-8)3-2-6-11-10;5-2-4-1-3(6)7;/h2-7H,1H3;1H2,(H,4,5)(H,6,7);/q;-1;. The van der Waals surface area contributed by atoms with Crippen LogP contribution in [0.5, 0.6) is 0 Å². The molecule has 19 heavy (non-hydrogen) atoms. The number of carboxylic acids is 1. The Morgan fingerprint density at radius 1 is 1.42 bits per heavy atom. The Morgan fingerprint density at radius 2 is 2.16 bits per heavy atom. The van der Waals surface area contributed by atoms with Gasteiger partial charge in [-0.2, -0.15) is 6.41 Å². The van der Waals surface area contributed by atoms with E-state index in [2.05, 4.69) is 30.1 Å². The monoisotopic (exact) mass is 502 g/mol. The summed E-state index contributed by atoms with van der Waals surface area (Å²) in [5.74, 6) is -1.07. The van der Waals surface area contributed by atoms with E-state index in [-0.39, 0.29) is 6.54 Å². The van der Waals surface area contributed by atoms with Crippen molar-refractivity contribution in [2.24, 2.45) is 0 Å². The fourth-order valence-corrected chi connectivity index (χ4v) is 1.31. The summed E-state index contributed by atoms with van der Waals surface area (Å²) in [5.41, 5.74) is 2.35. The van der Waals surface area contributed by atoms with E-state index in [4.69, 9.17) is 5.11 Å². The summed E-state index contributed by atoms with van der Waals surface area (Å²) >= 11 is 0. The van der Waals surface area contributed by atoms with Crippen LogP contribution in [0.25, 0.3) is 10.9 Å². The van der Waals surface area contributed by atoms with Crippen LogP contribution < -0.4 is 5.32 Å². The first-order valence-corrected chi connectivity index (χ1v) is 5.26. The van der Waals surface area contributed by atoms with Gasteiger partial charge in [-0.15, -0.1) is 0 Å². The second kappa shape index (κ2) is 7.78. The Hall–Kier alpha value is -3.43. The minimum Gasteiger partial charge on any atom is -0.521 e. The molecule has 5 nitrogen and oxygen atoms in total. The first-order valence-electron chi connectivity index (χ1n) is 5.26. The summed E-state index contributed by atoms with van der Waals surface area (Å²) < 4.78 is 0. The zero-order valence-electron chi connectivity index (χ0n) is 10.2. The summed E-state index contributed by atoms with van der Waals surface area (Å²) in [7, 11) is 0. The van der Waals surface area contributed by atoms with Crippen molar-refractivity contribution in [2.75, 3.05) is 6.54 Å². The molecule has 2 aromatic rings. The van der Waals surface area contributed by atoms with Gasteiger partial charge in [-0.25, -0.2) is 0 Å². The number of fused-ring (bicyclic) bond motifs is 1. The van der Waals surface area contributed by atoms with Crippen LogP contribution in [0.3, 0.4) is 0 Å². The number of carboxylic acid groups (broad SMARTS) is 1. The van der Waals surface area contributed by atoms with Crippen LogP contribution >= 0.6 is 0 Å². The molecule has 0 aliphatic heterocycles. The maximum absolute atomic E-state index is 9.52. The van der Waals surface area contributed by atoms with E-state index < -0.39 is 5.97 Å². The zero-order chi connectivity index (χ0) is 13.4. The fourth-order valence-electron chi connectivity index (χ4n) is 1.31. The van der Waals surface area contributed by atoms with Crippen molar-refractivity contribution >= 4 is 23.3 Å². The molecule has 0 atom stereocenters. The van der Waals surface area contributed by atoms with Crippen molar-refractivity contribution in [1.29, 1.82) is 0 Å². The van der Waals surface area contributed by atoms with E-state index in [9.17, 15) is 9.59 Å². The topological polar surface area (TPSA) is 79.3 Å².